The number of ether oxygens (including phenoxy) is 2. The fourth-order valence-corrected chi connectivity index (χ4v) is 7.56. The van der Waals surface area contributed by atoms with E-state index in [9.17, 15) is 20.3 Å². The van der Waals surface area contributed by atoms with E-state index in [2.05, 4.69) is 45.6 Å². The van der Waals surface area contributed by atoms with Gasteiger partial charge in [-0.3, -0.25) is 15.1 Å². The molecule has 0 aliphatic heterocycles. The van der Waals surface area contributed by atoms with Gasteiger partial charge in [0, 0.05) is 47.2 Å². The number of fused-ring (bicyclic) bond motifs is 2. The lowest BCUT2D eigenvalue weighted by Crippen LogP contribution is -2.52. The van der Waals surface area contributed by atoms with Crippen molar-refractivity contribution in [1.29, 1.82) is 5.26 Å². The number of pyridine rings is 2. The Balaban J connectivity index is 1.17. The van der Waals surface area contributed by atoms with Crippen molar-refractivity contribution < 1.29 is 24.5 Å². The van der Waals surface area contributed by atoms with Crippen LogP contribution in [-0.2, 0) is 37.2 Å². The Kier molecular flexibility index (Phi) is 10.4. The maximum Gasteiger partial charge on any atom is 0.326 e. The molecule has 0 spiro atoms. The number of hydrogen-bond donors (Lipinski definition) is 4. The molecule has 3 atom stereocenters. The molecule has 5 aromatic rings. The molecule has 1 unspecified atom stereocenters. The molecule has 12 heteroatoms. The van der Waals surface area contributed by atoms with Gasteiger partial charge in [0.2, 0.25) is 11.8 Å². The number of aliphatic carboxylic acids is 1. The van der Waals surface area contributed by atoms with Crippen LogP contribution >= 0.6 is 23.2 Å². The highest BCUT2D eigenvalue weighted by molar-refractivity contribution is 6.36. The third-order valence-corrected chi connectivity index (χ3v) is 10.7. The van der Waals surface area contributed by atoms with Gasteiger partial charge in [-0.2, -0.15) is 10.2 Å². The molecule has 0 fully saturated rings. The molecule has 0 amide bonds. The summed E-state index contributed by atoms with van der Waals surface area (Å²) in [6.07, 6.45) is 5.84. The second-order valence-electron chi connectivity index (χ2n) is 13.7. The minimum Gasteiger partial charge on any atom is -0.480 e. The standard InChI is InChI=1S/C41H37Cl2N5O5/c1-41(22-49,40(50)51)47-20-28-16-35(42)39(48-38(28)52-21-24-12-23(17-44)18-46-19-24)53-36-11-10-32-31(5-3-6-33(32)36)34-7-2-4-30(37(34)43)26-9-8-25-14-29(45)15-27(25)13-26/h2-9,12-13,16,18-19,29,36,47,49H,10-11,14-15,20-22,45H2,1H3,(H,50,51)/t29-,36-,41?/m0/s1. The van der Waals surface area contributed by atoms with E-state index < -0.39 is 18.1 Å². The van der Waals surface area contributed by atoms with E-state index in [0.29, 0.717) is 28.1 Å². The van der Waals surface area contributed by atoms with Gasteiger partial charge in [0.25, 0.3) is 0 Å². The number of carboxylic acids is 1. The van der Waals surface area contributed by atoms with Crippen LogP contribution in [0.25, 0.3) is 22.3 Å². The fourth-order valence-electron chi connectivity index (χ4n) is 7.01. The van der Waals surface area contributed by atoms with Gasteiger partial charge < -0.3 is 25.4 Å². The molecular weight excluding hydrogens is 713 g/mol. The number of aromatic nitrogens is 2. The zero-order valence-corrected chi connectivity index (χ0v) is 30.4. The molecule has 0 saturated carbocycles. The summed E-state index contributed by atoms with van der Waals surface area (Å²) < 4.78 is 12.6. The van der Waals surface area contributed by atoms with Crippen molar-refractivity contribution in [3.05, 3.63) is 128 Å². The molecule has 10 nitrogen and oxygen atoms in total. The van der Waals surface area contributed by atoms with Gasteiger partial charge in [-0.05, 0) is 78.1 Å². The van der Waals surface area contributed by atoms with E-state index in [-0.39, 0.29) is 42.1 Å². The zero-order chi connectivity index (χ0) is 37.3. The number of aliphatic hydroxyl groups is 1. The van der Waals surface area contributed by atoms with E-state index in [0.717, 1.165) is 52.6 Å². The lowest BCUT2D eigenvalue weighted by Gasteiger charge is -2.24. The maximum atomic E-state index is 11.8. The monoisotopic (exact) mass is 749 g/mol. The Bertz CT molecular complexity index is 2260. The summed E-state index contributed by atoms with van der Waals surface area (Å²) in [4.78, 5) is 20.6. The van der Waals surface area contributed by atoms with Crippen molar-refractivity contribution in [3.8, 4) is 40.1 Å². The first-order chi connectivity index (χ1) is 25.6. The van der Waals surface area contributed by atoms with Crippen molar-refractivity contribution in [3.63, 3.8) is 0 Å². The first-order valence-corrected chi connectivity index (χ1v) is 18.0. The van der Waals surface area contributed by atoms with Crippen molar-refractivity contribution in [2.24, 2.45) is 5.73 Å². The van der Waals surface area contributed by atoms with Crippen LogP contribution in [0.2, 0.25) is 10.0 Å². The predicted molar refractivity (Wildman–Crippen MR) is 202 cm³/mol. The topological polar surface area (TPSA) is 164 Å². The molecule has 7 rings (SSSR count). The van der Waals surface area contributed by atoms with Gasteiger partial charge in [-0.25, -0.2) is 0 Å². The van der Waals surface area contributed by atoms with Crippen molar-refractivity contribution in [2.75, 3.05) is 6.61 Å². The molecule has 2 heterocycles. The highest BCUT2D eigenvalue weighted by Gasteiger charge is 2.33. The summed E-state index contributed by atoms with van der Waals surface area (Å²) in [5, 5.41) is 32.5. The van der Waals surface area contributed by atoms with Gasteiger partial charge in [0.15, 0.2) is 0 Å². The van der Waals surface area contributed by atoms with Crippen molar-refractivity contribution >= 4 is 29.2 Å². The average Bonchev–Trinajstić information content (AvgIpc) is 3.76. The SMILES string of the molecule is CC(CO)(NCc1cc(Cl)c(O[C@H]2CCc3c(-c4cccc(-c5ccc6c(c5)C[C@@H](N)C6)c4Cl)cccc32)nc1OCc1cncc(C#N)c1)C(=O)O. The number of aliphatic hydroxyl groups excluding tert-OH is 1. The Hall–Kier alpha value is -5.02. The number of carbonyl (C=O) groups is 1. The first kappa shape index (κ1) is 36.3. The first-order valence-electron chi connectivity index (χ1n) is 17.3. The smallest absolute Gasteiger partial charge is 0.326 e. The summed E-state index contributed by atoms with van der Waals surface area (Å²) in [5.74, 6) is -0.923. The van der Waals surface area contributed by atoms with Crippen LogP contribution in [0.1, 0.15) is 58.4 Å². The molecule has 53 heavy (non-hydrogen) atoms. The maximum absolute atomic E-state index is 11.8. The number of nitriles is 1. The molecule has 0 saturated heterocycles. The minimum absolute atomic E-state index is 0.0221. The summed E-state index contributed by atoms with van der Waals surface area (Å²) in [5.41, 5.74) is 14.8. The van der Waals surface area contributed by atoms with Crippen molar-refractivity contribution in [1.82, 2.24) is 15.3 Å². The Morgan fingerprint density at radius 1 is 1.04 bits per heavy atom. The molecule has 0 bridgehead atoms. The van der Waals surface area contributed by atoms with Crippen LogP contribution in [-0.4, -0.2) is 44.3 Å². The molecule has 2 aromatic heterocycles. The largest absolute Gasteiger partial charge is 0.480 e. The molecule has 0 radical (unpaired) electrons. The minimum atomic E-state index is -1.62. The predicted octanol–water partition coefficient (Wildman–Crippen LogP) is 6.99. The number of nitrogens with two attached hydrogens (primary N) is 1. The summed E-state index contributed by atoms with van der Waals surface area (Å²) in [7, 11) is 0. The highest BCUT2D eigenvalue weighted by Crippen LogP contribution is 2.45. The average molecular weight is 751 g/mol. The van der Waals surface area contributed by atoms with Gasteiger partial charge in [0.05, 0.1) is 17.2 Å². The third kappa shape index (κ3) is 7.45. The van der Waals surface area contributed by atoms with Gasteiger partial charge in [-0.1, -0.05) is 77.8 Å². The summed E-state index contributed by atoms with van der Waals surface area (Å²) in [6.45, 7) is 0.722. The zero-order valence-electron chi connectivity index (χ0n) is 28.9. The molecule has 2 aliphatic carbocycles. The van der Waals surface area contributed by atoms with E-state index in [1.165, 1.54) is 24.2 Å². The van der Waals surface area contributed by atoms with Crippen LogP contribution in [0.15, 0.2) is 79.1 Å². The molecule has 3 aromatic carbocycles. The summed E-state index contributed by atoms with van der Waals surface area (Å²) in [6, 6.07) is 24.2. The van der Waals surface area contributed by atoms with Crippen LogP contribution < -0.4 is 20.5 Å². The lowest BCUT2D eigenvalue weighted by atomic mass is 9.93. The highest BCUT2D eigenvalue weighted by atomic mass is 35.5. The number of nitrogens with one attached hydrogen (secondary N) is 1. The van der Waals surface area contributed by atoms with Crippen LogP contribution in [0.5, 0.6) is 11.8 Å². The van der Waals surface area contributed by atoms with E-state index in [1.807, 2.05) is 30.3 Å². The number of rotatable bonds is 12. The Morgan fingerprint density at radius 3 is 2.60 bits per heavy atom. The number of nitrogens with zero attached hydrogens (tertiary/aromatic N) is 3. The van der Waals surface area contributed by atoms with Crippen LogP contribution in [0, 0.1) is 11.3 Å². The van der Waals surface area contributed by atoms with Crippen molar-refractivity contribution in [2.45, 2.75) is 63.4 Å². The quantitative estimate of drug-likeness (QED) is 0.105. The normalized spacial score (nSPS) is 17.1. The second-order valence-corrected chi connectivity index (χ2v) is 14.5. The van der Waals surface area contributed by atoms with Gasteiger partial charge >= 0.3 is 5.97 Å². The second kappa shape index (κ2) is 15.1. The number of benzene rings is 3. The molecule has 270 valence electrons. The van der Waals surface area contributed by atoms with Crippen LogP contribution in [0.4, 0.5) is 0 Å². The van der Waals surface area contributed by atoms with Crippen LogP contribution in [0.3, 0.4) is 0 Å². The van der Waals surface area contributed by atoms with E-state index >= 15 is 0 Å². The Morgan fingerprint density at radius 2 is 1.81 bits per heavy atom. The lowest BCUT2D eigenvalue weighted by molar-refractivity contribution is -0.145. The van der Waals surface area contributed by atoms with E-state index in [4.69, 9.17) is 38.4 Å². The third-order valence-electron chi connectivity index (χ3n) is 9.98. The van der Waals surface area contributed by atoms with Gasteiger partial charge in [-0.15, -0.1) is 0 Å². The molecule has 5 N–H and O–H groups in total. The molecule has 2 aliphatic rings. The summed E-state index contributed by atoms with van der Waals surface area (Å²) >= 11 is 14.0. The number of halogens is 2. The fraction of sp³-hybridized carbons (Fsp3) is 0.268. The van der Waals surface area contributed by atoms with Gasteiger partial charge in [0.1, 0.15) is 29.3 Å². The van der Waals surface area contributed by atoms with E-state index in [1.54, 1.807) is 18.3 Å². The molecular formula is C41H37Cl2N5O5. The number of hydrogen-bond acceptors (Lipinski definition) is 9. The number of carboxylic acid groups (broad SMARTS) is 1. The Labute approximate surface area is 317 Å².